The lowest BCUT2D eigenvalue weighted by atomic mass is 10.1. The lowest BCUT2D eigenvalue weighted by Crippen LogP contribution is -2.09. The van der Waals surface area contributed by atoms with Crippen molar-refractivity contribution >= 4 is 23.4 Å². The molecule has 2 aromatic carbocycles. The van der Waals surface area contributed by atoms with Crippen LogP contribution in [0.4, 0.5) is 15.8 Å². The first-order valence-electron chi connectivity index (χ1n) is 6.45. The highest BCUT2D eigenvalue weighted by Crippen LogP contribution is 2.21. The number of anilines is 1. The van der Waals surface area contributed by atoms with E-state index in [0.717, 1.165) is 29.3 Å². The number of carbonyl (C=O) groups is 1. The number of carbonyl (C=O) groups excluding carboxylic acids is 1. The summed E-state index contributed by atoms with van der Waals surface area (Å²) in [6.07, 6.45) is 2.82. The molecule has 0 saturated carbocycles. The second-order valence-electron chi connectivity index (χ2n) is 4.66. The number of rotatable bonds is 4. The Labute approximate surface area is 126 Å². The van der Waals surface area contributed by atoms with Crippen molar-refractivity contribution in [1.29, 1.82) is 0 Å². The molecule has 112 valence electrons. The zero-order valence-electron chi connectivity index (χ0n) is 11.7. The summed E-state index contributed by atoms with van der Waals surface area (Å²) in [5.74, 6) is -1.30. The second kappa shape index (κ2) is 6.62. The van der Waals surface area contributed by atoms with Gasteiger partial charge in [0.15, 0.2) is 0 Å². The van der Waals surface area contributed by atoms with Crippen LogP contribution in [0.25, 0.3) is 6.08 Å². The van der Waals surface area contributed by atoms with Gasteiger partial charge in [-0.1, -0.05) is 29.8 Å². The molecule has 22 heavy (non-hydrogen) atoms. The van der Waals surface area contributed by atoms with Crippen LogP contribution < -0.4 is 5.32 Å². The molecule has 5 nitrogen and oxygen atoms in total. The number of nitro benzene ring substituents is 1. The first-order chi connectivity index (χ1) is 10.5. The van der Waals surface area contributed by atoms with Gasteiger partial charge in [0.1, 0.15) is 5.82 Å². The number of halogens is 1. The normalized spacial score (nSPS) is 10.6. The number of non-ortho nitro benzene ring substituents is 1. The molecular formula is C16H13FN2O3. The average molecular weight is 300 g/mol. The maximum atomic E-state index is 13.5. The van der Waals surface area contributed by atoms with E-state index in [-0.39, 0.29) is 11.4 Å². The van der Waals surface area contributed by atoms with Crippen LogP contribution in [0.3, 0.4) is 0 Å². The van der Waals surface area contributed by atoms with Crippen molar-refractivity contribution in [3.8, 4) is 0 Å². The van der Waals surface area contributed by atoms with Crippen molar-refractivity contribution in [2.24, 2.45) is 0 Å². The van der Waals surface area contributed by atoms with E-state index in [2.05, 4.69) is 5.32 Å². The lowest BCUT2D eigenvalue weighted by molar-refractivity contribution is -0.384. The van der Waals surface area contributed by atoms with Crippen LogP contribution in [-0.4, -0.2) is 10.8 Å². The van der Waals surface area contributed by atoms with Crippen LogP contribution in [0.5, 0.6) is 0 Å². The van der Waals surface area contributed by atoms with Crippen molar-refractivity contribution in [2.75, 3.05) is 5.32 Å². The highest BCUT2D eigenvalue weighted by atomic mass is 19.1. The van der Waals surface area contributed by atoms with E-state index in [4.69, 9.17) is 0 Å². The largest absolute Gasteiger partial charge is 0.320 e. The highest BCUT2D eigenvalue weighted by Gasteiger charge is 2.11. The van der Waals surface area contributed by atoms with Gasteiger partial charge in [-0.05, 0) is 24.6 Å². The molecule has 0 aliphatic carbocycles. The molecule has 2 rings (SSSR count). The molecule has 0 radical (unpaired) electrons. The van der Waals surface area contributed by atoms with Crippen LogP contribution in [0.2, 0.25) is 0 Å². The number of nitrogens with zero attached hydrogens (tertiary/aromatic N) is 1. The third-order valence-electron chi connectivity index (χ3n) is 2.89. The Bertz CT molecular complexity index is 757. The maximum absolute atomic E-state index is 13.5. The zero-order chi connectivity index (χ0) is 16.1. The third kappa shape index (κ3) is 3.99. The molecule has 0 atom stereocenters. The smallest absolute Gasteiger partial charge is 0.271 e. The molecule has 0 heterocycles. The van der Waals surface area contributed by atoms with Gasteiger partial charge in [-0.2, -0.15) is 0 Å². The Morgan fingerprint density at radius 2 is 2.05 bits per heavy atom. The zero-order valence-corrected chi connectivity index (χ0v) is 11.7. The SMILES string of the molecule is Cc1cccc(C=CC(=O)Nc2cc([N+](=O)[O-])ccc2F)c1. The van der Waals surface area contributed by atoms with Gasteiger partial charge in [0, 0.05) is 18.2 Å². The lowest BCUT2D eigenvalue weighted by Gasteiger charge is -2.03. The number of hydrogen-bond donors (Lipinski definition) is 1. The van der Waals surface area contributed by atoms with E-state index in [1.807, 2.05) is 31.2 Å². The predicted octanol–water partition coefficient (Wildman–Crippen LogP) is 3.69. The van der Waals surface area contributed by atoms with E-state index in [1.54, 1.807) is 6.08 Å². The number of benzene rings is 2. The molecule has 0 saturated heterocycles. The summed E-state index contributed by atoms with van der Waals surface area (Å²) in [5.41, 5.74) is 1.36. The fourth-order valence-electron chi connectivity index (χ4n) is 1.84. The minimum atomic E-state index is -0.733. The van der Waals surface area contributed by atoms with Gasteiger partial charge in [0.2, 0.25) is 5.91 Å². The molecule has 0 aliphatic rings. The highest BCUT2D eigenvalue weighted by molar-refractivity contribution is 6.02. The molecule has 1 amide bonds. The van der Waals surface area contributed by atoms with Gasteiger partial charge in [-0.15, -0.1) is 0 Å². The topological polar surface area (TPSA) is 72.2 Å². The molecule has 1 N–H and O–H groups in total. The van der Waals surface area contributed by atoms with E-state index < -0.39 is 16.6 Å². The molecule has 0 bridgehead atoms. The van der Waals surface area contributed by atoms with Crippen molar-refractivity contribution < 1.29 is 14.1 Å². The van der Waals surface area contributed by atoms with Gasteiger partial charge in [-0.3, -0.25) is 14.9 Å². The predicted molar refractivity (Wildman–Crippen MR) is 81.9 cm³/mol. The van der Waals surface area contributed by atoms with E-state index in [1.165, 1.54) is 6.08 Å². The van der Waals surface area contributed by atoms with Crippen LogP contribution in [-0.2, 0) is 4.79 Å². The minimum absolute atomic E-state index is 0.229. The van der Waals surface area contributed by atoms with Crippen molar-refractivity contribution in [1.82, 2.24) is 0 Å². The summed E-state index contributed by atoms with van der Waals surface area (Å²) < 4.78 is 13.5. The maximum Gasteiger partial charge on any atom is 0.271 e. The molecule has 0 fully saturated rings. The Balaban J connectivity index is 2.12. The van der Waals surface area contributed by atoms with Crippen LogP contribution in [0.1, 0.15) is 11.1 Å². The molecule has 0 spiro atoms. The molecule has 0 aliphatic heterocycles. The molecule has 6 heteroatoms. The number of amides is 1. The quantitative estimate of drug-likeness (QED) is 0.531. The molecule has 2 aromatic rings. The number of nitrogens with one attached hydrogen (secondary N) is 1. The third-order valence-corrected chi connectivity index (χ3v) is 2.89. The van der Waals surface area contributed by atoms with Gasteiger partial charge in [0.05, 0.1) is 10.6 Å². The summed E-state index contributed by atoms with van der Waals surface area (Å²) >= 11 is 0. The van der Waals surface area contributed by atoms with Gasteiger partial charge in [-0.25, -0.2) is 4.39 Å². The van der Waals surface area contributed by atoms with Crippen LogP contribution >= 0.6 is 0 Å². The first kappa shape index (κ1) is 15.4. The van der Waals surface area contributed by atoms with E-state index in [0.29, 0.717) is 0 Å². The van der Waals surface area contributed by atoms with Gasteiger partial charge in [0.25, 0.3) is 5.69 Å². The summed E-state index contributed by atoms with van der Waals surface area (Å²) in [6.45, 7) is 1.93. The fraction of sp³-hybridized carbons (Fsp3) is 0.0625. The first-order valence-corrected chi connectivity index (χ1v) is 6.45. The van der Waals surface area contributed by atoms with Crippen molar-refractivity contribution in [3.05, 3.63) is 75.6 Å². The Kier molecular flexibility index (Phi) is 4.63. The minimum Gasteiger partial charge on any atom is -0.320 e. The monoisotopic (exact) mass is 300 g/mol. The molecular weight excluding hydrogens is 287 g/mol. The van der Waals surface area contributed by atoms with Crippen molar-refractivity contribution in [3.63, 3.8) is 0 Å². The standard InChI is InChI=1S/C16H13FN2O3/c1-11-3-2-4-12(9-11)5-8-16(20)18-15-10-13(19(21)22)6-7-14(15)17/h2-10H,1H3,(H,18,20). The Hall–Kier alpha value is -3.02. The van der Waals surface area contributed by atoms with E-state index >= 15 is 0 Å². The summed E-state index contributed by atoms with van der Waals surface area (Å²) in [7, 11) is 0. The number of hydrogen-bond acceptors (Lipinski definition) is 3. The van der Waals surface area contributed by atoms with Crippen molar-refractivity contribution in [2.45, 2.75) is 6.92 Å². The van der Waals surface area contributed by atoms with Crippen LogP contribution in [0.15, 0.2) is 48.5 Å². The number of aryl methyl sites for hydroxylation is 1. The van der Waals surface area contributed by atoms with Crippen LogP contribution in [0, 0.1) is 22.9 Å². The Morgan fingerprint density at radius 1 is 1.27 bits per heavy atom. The molecule has 0 unspecified atom stereocenters. The summed E-state index contributed by atoms with van der Waals surface area (Å²) in [6, 6.07) is 10.4. The van der Waals surface area contributed by atoms with Gasteiger partial charge < -0.3 is 5.32 Å². The average Bonchev–Trinajstić information content (AvgIpc) is 2.47. The fourth-order valence-corrected chi connectivity index (χ4v) is 1.84. The van der Waals surface area contributed by atoms with E-state index in [9.17, 15) is 19.3 Å². The second-order valence-corrected chi connectivity index (χ2v) is 4.66. The Morgan fingerprint density at radius 3 is 2.73 bits per heavy atom. The summed E-state index contributed by atoms with van der Waals surface area (Å²) in [5, 5.41) is 12.9. The molecule has 0 aromatic heterocycles. The number of nitro groups is 1. The summed E-state index contributed by atoms with van der Waals surface area (Å²) in [4.78, 5) is 21.8. The van der Waals surface area contributed by atoms with Gasteiger partial charge >= 0.3 is 0 Å².